The zero-order valence-corrected chi connectivity index (χ0v) is 24.6. The van der Waals surface area contributed by atoms with E-state index in [1.54, 1.807) is 0 Å². The second-order valence-corrected chi connectivity index (χ2v) is 16.0. The maximum absolute atomic E-state index is 10.7. The van der Waals surface area contributed by atoms with E-state index in [4.69, 9.17) is 4.55 Å². The molecule has 0 heterocycles. The average Bonchev–Trinajstić information content (AvgIpc) is 2.75. The van der Waals surface area contributed by atoms with Crippen LogP contribution in [-0.2, 0) is 28.3 Å². The van der Waals surface area contributed by atoms with Crippen LogP contribution in [0.15, 0.2) is 18.2 Å². The van der Waals surface area contributed by atoms with Crippen molar-refractivity contribution in [1.82, 2.24) is 0 Å². The van der Waals surface area contributed by atoms with Gasteiger partial charge in [-0.15, -0.1) is 0 Å². The van der Waals surface area contributed by atoms with E-state index in [-0.39, 0.29) is 0 Å². The van der Waals surface area contributed by atoms with Gasteiger partial charge in [0.25, 0.3) is 0 Å². The Morgan fingerprint density at radius 2 is 1.06 bits per heavy atom. The van der Waals surface area contributed by atoms with Crippen LogP contribution in [0.1, 0.15) is 75.5 Å². The smallest absolute Gasteiger partial charge is 0.152 e. The minimum atomic E-state index is -1.64. The zero-order chi connectivity index (χ0) is 22.6. The van der Waals surface area contributed by atoms with Crippen LogP contribution in [0.3, 0.4) is 0 Å². The van der Waals surface area contributed by atoms with Crippen LogP contribution in [0.2, 0.25) is 0 Å². The van der Waals surface area contributed by atoms with Crippen LogP contribution in [0.5, 0.6) is 0 Å². The molecular weight excluding hydrogens is 521 g/mol. The summed E-state index contributed by atoms with van der Waals surface area (Å²) in [5, 5.41) is 0. The summed E-state index contributed by atoms with van der Waals surface area (Å²) in [5.41, 5.74) is 4.34. The third kappa shape index (κ3) is 18.4. The van der Waals surface area contributed by atoms with Gasteiger partial charge < -0.3 is 4.55 Å². The summed E-state index contributed by atoms with van der Waals surface area (Å²) in [4.78, 5) is 0. The number of unbranched alkanes of at least 4 members (excludes halogenated alkanes) is 4. The largest absolute Gasteiger partial charge is 0.306 e. The highest BCUT2D eigenvalue weighted by atomic mass is 33.1. The molecule has 0 fully saturated rings. The first kappa shape index (κ1) is 30.5. The minimum absolute atomic E-state index is 0.401. The maximum atomic E-state index is 10.7. The highest BCUT2D eigenvalue weighted by Crippen LogP contribution is 2.33. The van der Waals surface area contributed by atoms with Crippen molar-refractivity contribution < 1.29 is 8.76 Å². The van der Waals surface area contributed by atoms with Gasteiger partial charge in [0.05, 0.1) is 0 Å². The summed E-state index contributed by atoms with van der Waals surface area (Å²) in [6.07, 6.45) is 8.37. The fraction of sp³-hybridized carbons (Fsp3) is 0.727. The molecule has 1 rings (SSSR count). The molecule has 0 aromatic heterocycles. The molecule has 0 radical (unpaired) electrons. The molecule has 1 unspecified atom stereocenters. The van der Waals surface area contributed by atoms with Gasteiger partial charge in [-0.1, -0.05) is 116 Å². The monoisotopic (exact) mass is 558 g/mol. The normalized spacial score (nSPS) is 12.4. The quantitative estimate of drug-likeness (QED) is 0.0908. The molecule has 0 aliphatic heterocycles. The molecule has 1 aromatic carbocycles. The van der Waals surface area contributed by atoms with Crippen molar-refractivity contribution in [2.45, 2.75) is 76.1 Å². The van der Waals surface area contributed by atoms with E-state index >= 15 is 0 Å². The Labute approximate surface area is 217 Å². The Kier molecular flexibility index (Phi) is 21.5. The Balaban J connectivity index is 2.46. The first-order valence-electron chi connectivity index (χ1n) is 11.1. The summed E-state index contributed by atoms with van der Waals surface area (Å²) in [7, 11) is 11.8. The topological polar surface area (TPSA) is 37.3 Å². The summed E-state index contributed by atoms with van der Waals surface area (Å²) in [5.74, 6) is 7.14. The first-order chi connectivity index (χ1) is 15.2. The molecule has 0 aliphatic rings. The zero-order valence-electron chi connectivity index (χ0n) is 18.8. The van der Waals surface area contributed by atoms with Gasteiger partial charge in [0.15, 0.2) is 11.1 Å². The fourth-order valence-electron chi connectivity index (χ4n) is 2.60. The van der Waals surface area contributed by atoms with Crippen molar-refractivity contribution in [2.24, 2.45) is 0 Å². The van der Waals surface area contributed by atoms with Gasteiger partial charge in [-0.25, -0.2) is 4.21 Å². The van der Waals surface area contributed by atoms with Gasteiger partial charge in [0.2, 0.25) is 0 Å². The summed E-state index contributed by atoms with van der Waals surface area (Å²) < 4.78 is 19.5. The lowest BCUT2D eigenvalue weighted by molar-refractivity contribution is 0.561. The lowest BCUT2D eigenvalue weighted by Gasteiger charge is -2.10. The van der Waals surface area contributed by atoms with Gasteiger partial charge in [-0.2, -0.15) is 0 Å². The Bertz CT molecular complexity index is 587. The van der Waals surface area contributed by atoms with E-state index in [2.05, 4.69) is 32.0 Å². The van der Waals surface area contributed by atoms with Crippen molar-refractivity contribution >= 4 is 75.8 Å². The average molecular weight is 559 g/mol. The van der Waals surface area contributed by atoms with Crippen LogP contribution in [-0.4, -0.2) is 31.8 Å². The Hall–Kier alpha value is 1.43. The van der Waals surface area contributed by atoms with Crippen molar-refractivity contribution in [3.05, 3.63) is 34.9 Å². The number of hydrogen-bond acceptors (Lipinski definition) is 7. The van der Waals surface area contributed by atoms with Crippen LogP contribution in [0.25, 0.3) is 0 Å². The predicted molar refractivity (Wildman–Crippen MR) is 157 cm³/mol. The van der Waals surface area contributed by atoms with Crippen LogP contribution in [0.4, 0.5) is 0 Å². The molecule has 0 bridgehead atoms. The number of hydrogen-bond donors (Lipinski definition) is 1. The summed E-state index contributed by atoms with van der Waals surface area (Å²) in [6.45, 7) is 4.51. The van der Waals surface area contributed by atoms with E-state index in [9.17, 15) is 4.21 Å². The fourth-order valence-corrected chi connectivity index (χ4v) is 9.71. The molecule has 0 amide bonds. The lowest BCUT2D eigenvalue weighted by Crippen LogP contribution is -1.94. The predicted octanol–water partition coefficient (Wildman–Crippen LogP) is 9.32. The standard InChI is InChI=1S/C22H38O2S7/c1-3-5-7-11-26-29-18-21-14-20(17-28-25-10-6-4-2)15-22(16-21)19-30-27-12-8-9-13-31(23)24/h14-16H,3-13,17-19H2,1-2H3,(H,23,24). The van der Waals surface area contributed by atoms with E-state index in [0.29, 0.717) is 5.75 Å². The van der Waals surface area contributed by atoms with Crippen LogP contribution in [0, 0.1) is 0 Å². The SMILES string of the molecule is CCCCCSSCc1cc(CSSCCCC)cc(CSSCCCCS(=O)O)c1. The van der Waals surface area contributed by atoms with Crippen molar-refractivity contribution in [3.8, 4) is 0 Å². The lowest BCUT2D eigenvalue weighted by atomic mass is 10.1. The van der Waals surface area contributed by atoms with Crippen LogP contribution >= 0.6 is 64.8 Å². The molecule has 0 spiro atoms. The first-order valence-corrected chi connectivity index (χ1v) is 19.8. The third-order valence-electron chi connectivity index (χ3n) is 4.25. The molecule has 0 saturated heterocycles. The van der Waals surface area contributed by atoms with Gasteiger partial charge in [-0.05, 0) is 42.4 Å². The molecule has 180 valence electrons. The van der Waals surface area contributed by atoms with E-state index in [0.717, 1.165) is 35.9 Å². The minimum Gasteiger partial charge on any atom is -0.306 e. The molecule has 2 nitrogen and oxygen atoms in total. The Morgan fingerprint density at radius 1 is 0.645 bits per heavy atom. The summed E-state index contributed by atoms with van der Waals surface area (Å²) >= 11 is -1.64. The van der Waals surface area contributed by atoms with E-state index in [1.165, 1.54) is 60.3 Å². The van der Waals surface area contributed by atoms with Gasteiger partial charge in [0, 0.05) is 40.3 Å². The van der Waals surface area contributed by atoms with Gasteiger partial charge in [-0.3, -0.25) is 0 Å². The molecule has 1 atom stereocenters. The maximum Gasteiger partial charge on any atom is 0.152 e. The van der Waals surface area contributed by atoms with Gasteiger partial charge >= 0.3 is 0 Å². The Morgan fingerprint density at radius 3 is 1.48 bits per heavy atom. The molecule has 1 aromatic rings. The van der Waals surface area contributed by atoms with Crippen molar-refractivity contribution in [3.63, 3.8) is 0 Å². The highest BCUT2D eigenvalue weighted by molar-refractivity contribution is 8.77. The molecule has 0 aliphatic carbocycles. The second kappa shape index (κ2) is 21.9. The van der Waals surface area contributed by atoms with Crippen molar-refractivity contribution in [1.29, 1.82) is 0 Å². The van der Waals surface area contributed by atoms with Crippen molar-refractivity contribution in [2.75, 3.05) is 23.0 Å². The van der Waals surface area contributed by atoms with E-state index in [1.807, 2.05) is 64.8 Å². The highest BCUT2D eigenvalue weighted by Gasteiger charge is 2.05. The van der Waals surface area contributed by atoms with Crippen LogP contribution < -0.4 is 0 Å². The molecule has 0 saturated carbocycles. The number of benzene rings is 1. The number of rotatable bonds is 21. The second-order valence-electron chi connectivity index (χ2n) is 7.20. The molecule has 1 N–H and O–H groups in total. The van der Waals surface area contributed by atoms with Gasteiger partial charge in [0.1, 0.15) is 0 Å². The van der Waals surface area contributed by atoms with E-state index < -0.39 is 11.1 Å². The third-order valence-corrected chi connectivity index (χ3v) is 12.2. The molecular formula is C22H38O2S7. The summed E-state index contributed by atoms with van der Waals surface area (Å²) in [6, 6.07) is 7.18. The molecule has 31 heavy (non-hydrogen) atoms. The molecule has 9 heteroatoms.